The summed E-state index contributed by atoms with van der Waals surface area (Å²) >= 11 is 0. The van der Waals surface area contributed by atoms with Crippen LogP contribution in [0, 0.1) is 6.92 Å². The van der Waals surface area contributed by atoms with Crippen molar-refractivity contribution in [3.8, 4) is 17.0 Å². The van der Waals surface area contributed by atoms with Gasteiger partial charge in [-0.2, -0.15) is 0 Å². The minimum atomic E-state index is -0.115. The molecule has 3 rings (SSSR count). The van der Waals surface area contributed by atoms with Gasteiger partial charge in [-0.1, -0.05) is 10.3 Å². The fraction of sp³-hybridized carbons (Fsp3) is 0.286. The van der Waals surface area contributed by atoms with Crippen LogP contribution in [0.25, 0.3) is 21.7 Å². The Hall–Kier alpha value is -2.99. The summed E-state index contributed by atoms with van der Waals surface area (Å²) in [6.07, 6.45) is 0. The monoisotopic (exact) mass is 299 g/mol. The molecule has 2 aromatic rings. The number of likely N-dealkylation sites (N-methyl/N-ethyl adjacent to an activating group) is 1. The average Bonchev–Trinajstić information content (AvgIpc) is 2.89. The number of ether oxygens (including phenoxy) is 1. The lowest BCUT2D eigenvalue weighted by atomic mass is 10.0. The molecule has 0 saturated heterocycles. The molecule has 0 atom stereocenters. The van der Waals surface area contributed by atoms with Gasteiger partial charge in [0.1, 0.15) is 17.2 Å². The highest BCUT2D eigenvalue weighted by Gasteiger charge is 2.24. The van der Waals surface area contributed by atoms with E-state index in [0.717, 1.165) is 11.1 Å². The number of anilines is 1. The summed E-state index contributed by atoms with van der Waals surface area (Å²) in [7, 11) is 1.70. The van der Waals surface area contributed by atoms with Crippen molar-refractivity contribution in [1.29, 1.82) is 0 Å². The van der Waals surface area contributed by atoms with Crippen LogP contribution in [-0.2, 0) is 11.3 Å². The summed E-state index contributed by atoms with van der Waals surface area (Å²) in [6.45, 7) is 1.95. The van der Waals surface area contributed by atoms with Crippen LogP contribution in [0.2, 0.25) is 0 Å². The Bertz CT molecular complexity index is 792. The number of carbonyl (C=O) groups excluding carboxylic acids is 1. The van der Waals surface area contributed by atoms with E-state index >= 15 is 0 Å². The van der Waals surface area contributed by atoms with Crippen molar-refractivity contribution in [1.82, 2.24) is 5.16 Å². The molecule has 1 aliphatic heterocycles. The molecule has 1 aromatic carbocycles. The Morgan fingerprint density at radius 2 is 2.32 bits per heavy atom. The minimum absolute atomic E-state index is 0.0358. The highest BCUT2D eigenvalue weighted by atomic mass is 16.5. The number of aryl methyl sites for hydroxylation is 1. The van der Waals surface area contributed by atoms with Crippen molar-refractivity contribution in [2.24, 2.45) is 5.11 Å². The number of aromatic nitrogens is 1. The SMILES string of the molecule is Cc1onc(-c2ccc3c(c2)N(C)C(=O)CO3)c1CN=[N+]=[N-]. The van der Waals surface area contributed by atoms with Gasteiger partial charge in [0, 0.05) is 23.1 Å². The van der Waals surface area contributed by atoms with E-state index in [-0.39, 0.29) is 19.1 Å². The Kier molecular flexibility index (Phi) is 3.44. The largest absolute Gasteiger partial charge is 0.482 e. The fourth-order valence-corrected chi connectivity index (χ4v) is 2.33. The summed E-state index contributed by atoms with van der Waals surface area (Å²) in [5.74, 6) is 1.12. The highest BCUT2D eigenvalue weighted by Crippen LogP contribution is 2.36. The second kappa shape index (κ2) is 5.42. The Labute approximate surface area is 125 Å². The quantitative estimate of drug-likeness (QED) is 0.493. The third-order valence-corrected chi connectivity index (χ3v) is 3.60. The van der Waals surface area contributed by atoms with Crippen molar-refractivity contribution in [3.05, 3.63) is 40.0 Å². The van der Waals surface area contributed by atoms with E-state index in [4.69, 9.17) is 14.8 Å². The Balaban J connectivity index is 2.07. The van der Waals surface area contributed by atoms with Crippen LogP contribution < -0.4 is 9.64 Å². The highest BCUT2D eigenvalue weighted by molar-refractivity contribution is 5.98. The van der Waals surface area contributed by atoms with Gasteiger partial charge in [-0.3, -0.25) is 4.79 Å². The molecular formula is C14H13N5O3. The van der Waals surface area contributed by atoms with E-state index < -0.39 is 0 Å². The molecule has 0 aliphatic carbocycles. The van der Waals surface area contributed by atoms with Gasteiger partial charge >= 0.3 is 0 Å². The van der Waals surface area contributed by atoms with Gasteiger partial charge in [-0.15, -0.1) is 0 Å². The maximum Gasteiger partial charge on any atom is 0.264 e. The van der Waals surface area contributed by atoms with Crippen molar-refractivity contribution < 1.29 is 14.1 Å². The number of azide groups is 1. The molecule has 8 heteroatoms. The van der Waals surface area contributed by atoms with Crippen molar-refractivity contribution in [2.45, 2.75) is 13.5 Å². The number of amides is 1. The van der Waals surface area contributed by atoms with Crippen LogP contribution in [0.5, 0.6) is 5.75 Å². The Morgan fingerprint density at radius 1 is 1.50 bits per heavy atom. The molecule has 0 spiro atoms. The molecule has 0 fully saturated rings. The first-order valence-electron chi connectivity index (χ1n) is 6.61. The molecule has 0 unspecified atom stereocenters. The number of hydrogen-bond acceptors (Lipinski definition) is 5. The lowest BCUT2D eigenvalue weighted by Crippen LogP contribution is -2.35. The molecule has 22 heavy (non-hydrogen) atoms. The Morgan fingerprint density at radius 3 is 3.09 bits per heavy atom. The zero-order valence-electron chi connectivity index (χ0n) is 12.1. The van der Waals surface area contributed by atoms with Crippen LogP contribution in [0.3, 0.4) is 0 Å². The van der Waals surface area contributed by atoms with Crippen LogP contribution in [0.4, 0.5) is 5.69 Å². The third-order valence-electron chi connectivity index (χ3n) is 3.60. The smallest absolute Gasteiger partial charge is 0.264 e. The number of benzene rings is 1. The van der Waals surface area contributed by atoms with Crippen LogP contribution >= 0.6 is 0 Å². The second-order valence-electron chi connectivity index (χ2n) is 4.88. The summed E-state index contributed by atoms with van der Waals surface area (Å²) in [6, 6.07) is 5.43. The summed E-state index contributed by atoms with van der Waals surface area (Å²) < 4.78 is 10.6. The van der Waals surface area contributed by atoms with Gasteiger partial charge < -0.3 is 14.2 Å². The molecule has 2 heterocycles. The normalized spacial score (nSPS) is 13.4. The van der Waals surface area contributed by atoms with E-state index in [1.807, 2.05) is 12.1 Å². The fourth-order valence-electron chi connectivity index (χ4n) is 2.33. The third kappa shape index (κ3) is 2.25. The van der Waals surface area contributed by atoms with E-state index in [2.05, 4.69) is 15.2 Å². The lowest BCUT2D eigenvalue weighted by Gasteiger charge is -2.26. The van der Waals surface area contributed by atoms with E-state index in [0.29, 0.717) is 22.9 Å². The van der Waals surface area contributed by atoms with Gasteiger partial charge in [-0.05, 0) is 30.7 Å². The zero-order chi connectivity index (χ0) is 15.7. The molecule has 1 aromatic heterocycles. The molecule has 1 aliphatic rings. The topological polar surface area (TPSA) is 104 Å². The molecule has 112 valence electrons. The molecule has 0 N–H and O–H groups in total. The van der Waals surface area contributed by atoms with Gasteiger partial charge in [-0.25, -0.2) is 0 Å². The number of hydrogen-bond donors (Lipinski definition) is 0. The first-order valence-corrected chi connectivity index (χ1v) is 6.61. The maximum absolute atomic E-state index is 11.7. The van der Waals surface area contributed by atoms with Crippen LogP contribution in [-0.4, -0.2) is 24.7 Å². The summed E-state index contributed by atoms with van der Waals surface area (Å²) in [4.78, 5) is 16.0. The standard InChI is InChI=1S/C14H13N5O3/c1-8-10(6-16-18-15)14(17-22-8)9-3-4-12-11(5-9)19(2)13(20)7-21-12/h3-5H,6-7H2,1-2H3. The predicted octanol–water partition coefficient (Wildman–Crippen LogP) is 2.82. The first-order chi connectivity index (χ1) is 10.6. The summed E-state index contributed by atoms with van der Waals surface area (Å²) in [5.41, 5.74) is 11.2. The first kappa shape index (κ1) is 14.0. The molecule has 0 bridgehead atoms. The second-order valence-corrected chi connectivity index (χ2v) is 4.88. The molecule has 1 amide bonds. The van der Waals surface area contributed by atoms with E-state index in [1.54, 1.807) is 24.9 Å². The lowest BCUT2D eigenvalue weighted by molar-refractivity contribution is -0.120. The molecule has 8 nitrogen and oxygen atoms in total. The van der Waals surface area contributed by atoms with Gasteiger partial charge in [0.25, 0.3) is 5.91 Å². The maximum atomic E-state index is 11.7. The van der Waals surface area contributed by atoms with Crippen molar-refractivity contribution in [2.75, 3.05) is 18.6 Å². The van der Waals surface area contributed by atoms with Gasteiger partial charge in [0.2, 0.25) is 0 Å². The molecule has 0 saturated carbocycles. The van der Waals surface area contributed by atoms with Crippen LogP contribution in [0.15, 0.2) is 27.8 Å². The van der Waals surface area contributed by atoms with Crippen molar-refractivity contribution in [3.63, 3.8) is 0 Å². The molecular weight excluding hydrogens is 286 g/mol. The van der Waals surface area contributed by atoms with Gasteiger partial charge in [0.15, 0.2) is 6.61 Å². The zero-order valence-corrected chi connectivity index (χ0v) is 12.1. The predicted molar refractivity (Wildman–Crippen MR) is 78.4 cm³/mol. The van der Waals surface area contributed by atoms with E-state index in [1.165, 1.54) is 0 Å². The number of nitrogens with zero attached hydrogens (tertiary/aromatic N) is 5. The van der Waals surface area contributed by atoms with E-state index in [9.17, 15) is 4.79 Å². The number of carbonyl (C=O) groups is 1. The van der Waals surface area contributed by atoms with Gasteiger partial charge in [0.05, 0.1) is 12.2 Å². The number of fused-ring (bicyclic) bond motifs is 1. The minimum Gasteiger partial charge on any atom is -0.482 e. The number of rotatable bonds is 3. The van der Waals surface area contributed by atoms with Crippen molar-refractivity contribution >= 4 is 11.6 Å². The van der Waals surface area contributed by atoms with Crippen LogP contribution in [0.1, 0.15) is 11.3 Å². The average molecular weight is 299 g/mol. The summed E-state index contributed by atoms with van der Waals surface area (Å²) in [5, 5.41) is 7.60. The molecule has 0 radical (unpaired) electrons.